The maximum absolute atomic E-state index is 11.8. The summed E-state index contributed by atoms with van der Waals surface area (Å²) in [4.78, 5) is 0. The van der Waals surface area contributed by atoms with Gasteiger partial charge in [0.15, 0.2) is 0 Å². The van der Waals surface area contributed by atoms with E-state index in [1.165, 1.54) is 0 Å². The predicted octanol–water partition coefficient (Wildman–Crippen LogP) is 1.50. The Morgan fingerprint density at radius 2 is 1.94 bits per heavy atom. The first-order chi connectivity index (χ1) is 7.70. The third-order valence-corrected chi connectivity index (χ3v) is 3.69. The van der Waals surface area contributed by atoms with E-state index in [4.69, 9.17) is 17.3 Å². The zero-order valence-corrected chi connectivity index (χ0v) is 11.5. The van der Waals surface area contributed by atoms with Gasteiger partial charge in [-0.1, -0.05) is 29.8 Å². The summed E-state index contributed by atoms with van der Waals surface area (Å²) in [6.07, 6.45) is 0. The van der Waals surface area contributed by atoms with Crippen LogP contribution in [0.3, 0.4) is 0 Å². The molecule has 0 aliphatic heterocycles. The number of nitrogens with one attached hydrogen (secondary N) is 1. The van der Waals surface area contributed by atoms with Crippen molar-refractivity contribution in [2.24, 2.45) is 5.73 Å². The fourth-order valence-electron chi connectivity index (χ4n) is 1.17. The molecule has 17 heavy (non-hydrogen) atoms. The molecule has 0 radical (unpaired) electrons. The fourth-order valence-corrected chi connectivity index (χ4v) is 2.80. The predicted molar refractivity (Wildman–Crippen MR) is 70.3 cm³/mol. The van der Waals surface area contributed by atoms with Gasteiger partial charge in [0.25, 0.3) is 0 Å². The van der Waals surface area contributed by atoms with Gasteiger partial charge in [0.2, 0.25) is 10.0 Å². The first-order valence-corrected chi connectivity index (χ1v) is 7.22. The van der Waals surface area contributed by atoms with E-state index in [1.54, 1.807) is 38.1 Å². The maximum atomic E-state index is 11.8. The number of hydrogen-bond acceptors (Lipinski definition) is 3. The second-order valence-electron chi connectivity index (χ2n) is 4.66. The van der Waals surface area contributed by atoms with Gasteiger partial charge in [-0.05, 0) is 25.5 Å². The second kappa shape index (κ2) is 5.35. The van der Waals surface area contributed by atoms with Crippen molar-refractivity contribution >= 4 is 21.6 Å². The van der Waals surface area contributed by atoms with Gasteiger partial charge in [0.1, 0.15) is 0 Å². The van der Waals surface area contributed by atoms with Crippen LogP contribution in [0.15, 0.2) is 24.3 Å². The SMILES string of the molecule is CC(C)(N)CNS(=O)(=O)Cc1ccccc1Cl. The van der Waals surface area contributed by atoms with Crippen LogP contribution in [0.1, 0.15) is 19.4 Å². The molecule has 0 bridgehead atoms. The molecular formula is C11H17ClN2O2S. The Morgan fingerprint density at radius 3 is 2.47 bits per heavy atom. The number of rotatable bonds is 5. The van der Waals surface area contributed by atoms with Crippen LogP contribution < -0.4 is 10.5 Å². The van der Waals surface area contributed by atoms with Gasteiger partial charge < -0.3 is 5.73 Å². The molecule has 1 aromatic carbocycles. The van der Waals surface area contributed by atoms with Crippen LogP contribution in [0.4, 0.5) is 0 Å². The molecule has 1 rings (SSSR count). The summed E-state index contributed by atoms with van der Waals surface area (Å²) in [6, 6.07) is 6.87. The molecule has 0 saturated carbocycles. The molecule has 0 aromatic heterocycles. The molecule has 4 nitrogen and oxygen atoms in total. The van der Waals surface area contributed by atoms with Crippen molar-refractivity contribution in [2.45, 2.75) is 25.1 Å². The van der Waals surface area contributed by atoms with E-state index in [-0.39, 0.29) is 12.3 Å². The summed E-state index contributed by atoms with van der Waals surface area (Å²) in [5.74, 6) is -0.136. The Balaban J connectivity index is 2.71. The lowest BCUT2D eigenvalue weighted by molar-refractivity contribution is 0.497. The Hall–Kier alpha value is -0.620. The number of sulfonamides is 1. The first-order valence-electron chi connectivity index (χ1n) is 5.19. The lowest BCUT2D eigenvalue weighted by Gasteiger charge is -2.19. The van der Waals surface area contributed by atoms with Crippen molar-refractivity contribution in [3.8, 4) is 0 Å². The lowest BCUT2D eigenvalue weighted by Crippen LogP contribution is -2.45. The minimum absolute atomic E-state index is 0.136. The quantitative estimate of drug-likeness (QED) is 0.856. The first kappa shape index (κ1) is 14.4. The van der Waals surface area contributed by atoms with Crippen molar-refractivity contribution in [3.63, 3.8) is 0 Å². The Kier molecular flexibility index (Phi) is 4.55. The van der Waals surface area contributed by atoms with Crippen LogP contribution in [0, 0.1) is 0 Å². The Labute approximate surface area is 107 Å². The van der Waals surface area contributed by atoms with Gasteiger partial charge >= 0.3 is 0 Å². The summed E-state index contributed by atoms with van der Waals surface area (Å²) in [5.41, 5.74) is 5.72. The number of halogens is 1. The van der Waals surface area contributed by atoms with E-state index in [9.17, 15) is 8.42 Å². The molecule has 1 aromatic rings. The van der Waals surface area contributed by atoms with E-state index in [0.29, 0.717) is 10.6 Å². The van der Waals surface area contributed by atoms with Crippen LogP contribution >= 0.6 is 11.6 Å². The van der Waals surface area contributed by atoms with E-state index < -0.39 is 15.6 Å². The number of nitrogens with two attached hydrogens (primary N) is 1. The highest BCUT2D eigenvalue weighted by atomic mass is 35.5. The van der Waals surface area contributed by atoms with Crippen molar-refractivity contribution in [2.75, 3.05) is 6.54 Å². The summed E-state index contributed by atoms with van der Waals surface area (Å²) >= 11 is 5.90. The van der Waals surface area contributed by atoms with Gasteiger partial charge in [-0.3, -0.25) is 0 Å². The number of hydrogen-bond donors (Lipinski definition) is 2. The standard InChI is InChI=1S/C11H17ClN2O2S/c1-11(2,13)8-14-17(15,16)7-9-5-3-4-6-10(9)12/h3-6,14H,7-8,13H2,1-2H3. The largest absolute Gasteiger partial charge is 0.324 e. The zero-order valence-electron chi connectivity index (χ0n) is 9.90. The smallest absolute Gasteiger partial charge is 0.215 e. The van der Waals surface area contributed by atoms with Crippen LogP contribution in [-0.4, -0.2) is 20.5 Å². The molecule has 0 fully saturated rings. The molecule has 0 heterocycles. The molecular weight excluding hydrogens is 260 g/mol. The molecule has 3 N–H and O–H groups in total. The van der Waals surface area contributed by atoms with Crippen molar-refractivity contribution in [1.82, 2.24) is 4.72 Å². The monoisotopic (exact) mass is 276 g/mol. The minimum Gasteiger partial charge on any atom is -0.324 e. The lowest BCUT2D eigenvalue weighted by atomic mass is 10.1. The average molecular weight is 277 g/mol. The normalized spacial score (nSPS) is 12.7. The van der Waals surface area contributed by atoms with E-state index in [1.807, 2.05) is 0 Å². The summed E-state index contributed by atoms with van der Waals surface area (Å²) in [6.45, 7) is 3.70. The second-order valence-corrected chi connectivity index (χ2v) is 6.87. The van der Waals surface area contributed by atoms with Gasteiger partial charge in [-0.2, -0.15) is 0 Å². The topological polar surface area (TPSA) is 72.2 Å². The zero-order chi connectivity index (χ0) is 13.1. The van der Waals surface area contributed by atoms with Gasteiger partial charge in [0.05, 0.1) is 5.75 Å². The molecule has 0 spiro atoms. The third kappa shape index (κ3) is 5.50. The van der Waals surface area contributed by atoms with E-state index in [2.05, 4.69) is 4.72 Å². The van der Waals surface area contributed by atoms with Crippen LogP contribution in [0.5, 0.6) is 0 Å². The van der Waals surface area contributed by atoms with Crippen LogP contribution in [-0.2, 0) is 15.8 Å². The van der Waals surface area contributed by atoms with Gasteiger partial charge in [0, 0.05) is 17.1 Å². The highest BCUT2D eigenvalue weighted by Crippen LogP contribution is 2.17. The molecule has 6 heteroatoms. The summed E-state index contributed by atoms with van der Waals surface area (Å²) < 4.78 is 26.0. The maximum Gasteiger partial charge on any atom is 0.215 e. The number of benzene rings is 1. The van der Waals surface area contributed by atoms with Gasteiger partial charge in [-0.25, -0.2) is 13.1 Å². The van der Waals surface area contributed by atoms with Crippen molar-refractivity contribution < 1.29 is 8.42 Å². The van der Waals surface area contributed by atoms with E-state index in [0.717, 1.165) is 0 Å². The molecule has 0 atom stereocenters. The third-order valence-electron chi connectivity index (χ3n) is 2.05. The van der Waals surface area contributed by atoms with Crippen molar-refractivity contribution in [3.05, 3.63) is 34.9 Å². The summed E-state index contributed by atoms with van der Waals surface area (Å²) in [5, 5.41) is 0.449. The molecule has 0 amide bonds. The van der Waals surface area contributed by atoms with Crippen LogP contribution in [0.2, 0.25) is 5.02 Å². The fraction of sp³-hybridized carbons (Fsp3) is 0.455. The molecule has 0 aliphatic carbocycles. The Morgan fingerprint density at radius 1 is 1.35 bits per heavy atom. The molecule has 96 valence electrons. The van der Waals surface area contributed by atoms with Gasteiger partial charge in [-0.15, -0.1) is 0 Å². The van der Waals surface area contributed by atoms with Crippen molar-refractivity contribution in [1.29, 1.82) is 0 Å². The summed E-state index contributed by atoms with van der Waals surface area (Å²) in [7, 11) is -3.40. The minimum atomic E-state index is -3.40. The average Bonchev–Trinajstić information content (AvgIpc) is 2.18. The Bertz CT molecular complexity index is 480. The molecule has 0 unspecified atom stereocenters. The molecule has 0 saturated heterocycles. The molecule has 0 aliphatic rings. The highest BCUT2D eigenvalue weighted by molar-refractivity contribution is 7.88. The highest BCUT2D eigenvalue weighted by Gasteiger charge is 2.18. The van der Waals surface area contributed by atoms with Crippen LogP contribution in [0.25, 0.3) is 0 Å². The van der Waals surface area contributed by atoms with E-state index >= 15 is 0 Å².